The van der Waals surface area contributed by atoms with E-state index in [4.69, 9.17) is 19.1 Å². The van der Waals surface area contributed by atoms with Crippen LogP contribution in [0.5, 0.6) is 0 Å². The van der Waals surface area contributed by atoms with Crippen LogP contribution in [0.1, 0.15) is 27.7 Å². The van der Waals surface area contributed by atoms with Crippen LogP contribution in [0.2, 0.25) is 5.02 Å². The summed E-state index contributed by atoms with van der Waals surface area (Å²) in [6, 6.07) is 14.3. The third kappa shape index (κ3) is 3.10. The minimum atomic E-state index is -0.734. The molecule has 0 aliphatic carbocycles. The molecule has 2 aromatic carbocycles. The Bertz CT molecular complexity index is 848. The Morgan fingerprint density at radius 2 is 1.73 bits per heavy atom. The highest BCUT2D eigenvalue weighted by Crippen LogP contribution is 2.32. The molecule has 0 saturated heterocycles. The average molecular weight is 313 g/mol. The van der Waals surface area contributed by atoms with Crippen molar-refractivity contribution in [2.75, 3.05) is 0 Å². The van der Waals surface area contributed by atoms with E-state index in [1.54, 1.807) is 0 Å². The Kier molecular flexibility index (Phi) is 3.23. The SMILES string of the molecule is [2H]C1=COC(C)(C)C([2H])=C1c1cc(-c2ccc(Cl)cc2)ccc1C. The molecule has 0 spiro atoms. The van der Waals surface area contributed by atoms with Gasteiger partial charge in [-0.2, -0.15) is 0 Å². The fourth-order valence-corrected chi connectivity index (χ4v) is 2.59. The van der Waals surface area contributed by atoms with Crippen molar-refractivity contribution in [2.24, 2.45) is 0 Å². The lowest BCUT2D eigenvalue weighted by Crippen LogP contribution is -2.20. The second kappa shape index (κ2) is 5.66. The molecule has 1 heterocycles. The molecule has 0 aromatic heterocycles. The highest BCUT2D eigenvalue weighted by molar-refractivity contribution is 6.30. The first kappa shape index (κ1) is 12.5. The summed E-state index contributed by atoms with van der Waals surface area (Å²) in [6.07, 6.45) is 1.43. The molecule has 3 rings (SSSR count). The maximum atomic E-state index is 8.48. The number of hydrogen-bond acceptors (Lipinski definition) is 1. The van der Waals surface area contributed by atoms with E-state index in [0.717, 1.165) is 22.3 Å². The average Bonchev–Trinajstić information content (AvgIpc) is 2.54. The highest BCUT2D eigenvalue weighted by Gasteiger charge is 2.19. The van der Waals surface area contributed by atoms with Crippen molar-refractivity contribution in [3.05, 3.63) is 77.0 Å². The zero-order valence-corrected chi connectivity index (χ0v) is 13.7. The van der Waals surface area contributed by atoms with Crippen LogP contribution in [0.25, 0.3) is 16.7 Å². The molecule has 0 bridgehead atoms. The van der Waals surface area contributed by atoms with E-state index >= 15 is 0 Å². The van der Waals surface area contributed by atoms with Crippen LogP contribution in [-0.4, -0.2) is 5.60 Å². The van der Waals surface area contributed by atoms with Crippen LogP contribution >= 0.6 is 11.6 Å². The molecule has 0 radical (unpaired) electrons. The topological polar surface area (TPSA) is 9.23 Å². The number of aryl methyl sites for hydroxylation is 1. The van der Waals surface area contributed by atoms with Crippen LogP contribution in [0, 0.1) is 6.92 Å². The summed E-state index contributed by atoms with van der Waals surface area (Å²) in [5.74, 6) is 0. The molecule has 22 heavy (non-hydrogen) atoms. The molecule has 1 aliphatic heterocycles. The van der Waals surface area contributed by atoms with Crippen LogP contribution in [0.15, 0.2) is 60.8 Å². The van der Waals surface area contributed by atoms with Crippen molar-refractivity contribution in [1.82, 2.24) is 0 Å². The molecule has 1 nitrogen and oxygen atoms in total. The molecule has 2 heteroatoms. The number of ether oxygens (including phenoxy) is 1. The van der Waals surface area contributed by atoms with Crippen LogP contribution < -0.4 is 0 Å². The number of rotatable bonds is 2. The molecule has 0 fully saturated rings. The van der Waals surface area contributed by atoms with Gasteiger partial charge in [0.15, 0.2) is 0 Å². The summed E-state index contributed by atoms with van der Waals surface area (Å²) in [7, 11) is 0. The van der Waals surface area contributed by atoms with Gasteiger partial charge in [0.05, 0.1) is 9.00 Å². The van der Waals surface area contributed by atoms with Gasteiger partial charge >= 0.3 is 0 Å². The summed E-state index contributed by atoms with van der Waals surface area (Å²) in [5, 5.41) is 0.699. The predicted octanol–water partition coefficient (Wildman–Crippen LogP) is 6.02. The van der Waals surface area contributed by atoms with Gasteiger partial charge in [0.1, 0.15) is 5.60 Å². The van der Waals surface area contributed by atoms with Gasteiger partial charge in [-0.15, -0.1) is 0 Å². The highest BCUT2D eigenvalue weighted by atomic mass is 35.5. The molecule has 2 aromatic rings. The Labute approximate surface area is 139 Å². The summed E-state index contributed by atoms with van der Waals surface area (Å²) >= 11 is 5.97. The molecule has 0 saturated carbocycles. The molecule has 1 aliphatic rings. The number of benzene rings is 2. The van der Waals surface area contributed by atoms with Gasteiger partial charge in [0, 0.05) is 5.02 Å². The van der Waals surface area contributed by atoms with Gasteiger partial charge in [0.25, 0.3) is 0 Å². The first-order valence-electron chi connectivity index (χ1n) is 8.23. The summed E-state index contributed by atoms with van der Waals surface area (Å²) < 4.78 is 22.2. The maximum Gasteiger partial charge on any atom is 0.122 e. The molecule has 0 amide bonds. The Morgan fingerprint density at radius 3 is 2.45 bits per heavy atom. The van der Waals surface area contributed by atoms with Crippen molar-refractivity contribution in [3.8, 4) is 11.1 Å². The Morgan fingerprint density at radius 1 is 1.05 bits per heavy atom. The van der Waals surface area contributed by atoms with Gasteiger partial charge in [-0.25, -0.2) is 0 Å². The molecule has 0 atom stereocenters. The zero-order chi connectivity index (χ0) is 17.5. The first-order valence-corrected chi connectivity index (χ1v) is 7.60. The standard InChI is InChI=1S/C20H19ClO/c1-14-4-5-16(15-6-8-18(21)9-7-15)12-19(14)17-10-11-22-20(2,3)13-17/h4-13H,1-3H3/i10D,13D. The molecule has 112 valence electrons. The van der Waals surface area contributed by atoms with Crippen LogP contribution in [0.4, 0.5) is 0 Å². The Balaban J connectivity index is 2.16. The molecular weight excluding hydrogens is 292 g/mol. The largest absolute Gasteiger partial charge is 0.491 e. The number of halogens is 1. The van der Waals surface area contributed by atoms with Gasteiger partial charge < -0.3 is 4.74 Å². The third-order valence-electron chi connectivity index (χ3n) is 3.67. The minimum absolute atomic E-state index is 0.232. The van der Waals surface area contributed by atoms with Crippen molar-refractivity contribution < 1.29 is 7.48 Å². The van der Waals surface area contributed by atoms with Gasteiger partial charge in [-0.1, -0.05) is 35.9 Å². The van der Waals surface area contributed by atoms with Crippen LogP contribution in [-0.2, 0) is 4.74 Å². The monoisotopic (exact) mass is 312 g/mol. The summed E-state index contributed by atoms with van der Waals surface area (Å²) in [6.45, 7) is 5.68. The van der Waals surface area contributed by atoms with Crippen molar-refractivity contribution >= 4 is 17.2 Å². The van der Waals surface area contributed by atoms with E-state index < -0.39 is 5.60 Å². The fourth-order valence-electron chi connectivity index (χ4n) is 2.46. The van der Waals surface area contributed by atoms with Gasteiger partial charge in [-0.05, 0) is 78.9 Å². The summed E-state index contributed by atoms with van der Waals surface area (Å²) in [4.78, 5) is 0. The third-order valence-corrected chi connectivity index (χ3v) is 3.92. The first-order chi connectivity index (χ1) is 11.3. The Hall–Kier alpha value is -1.99. The smallest absolute Gasteiger partial charge is 0.122 e. The van der Waals surface area contributed by atoms with Crippen LogP contribution in [0.3, 0.4) is 0 Å². The quantitative estimate of drug-likeness (QED) is 0.658. The lowest BCUT2D eigenvalue weighted by molar-refractivity contribution is 0.103. The van der Waals surface area contributed by atoms with Crippen molar-refractivity contribution in [1.29, 1.82) is 0 Å². The maximum absolute atomic E-state index is 8.48. The second-order valence-corrected chi connectivity index (χ2v) is 6.36. The molecule has 0 unspecified atom stereocenters. The van der Waals surface area contributed by atoms with E-state index in [1.807, 2.05) is 63.2 Å². The molecular formula is C20H19ClO. The lowest BCUT2D eigenvalue weighted by Gasteiger charge is -2.25. The number of allylic oxidation sites excluding steroid dienone is 2. The fraction of sp³-hybridized carbons (Fsp3) is 0.200. The van der Waals surface area contributed by atoms with E-state index in [-0.39, 0.29) is 6.05 Å². The van der Waals surface area contributed by atoms with Gasteiger partial charge in [0.2, 0.25) is 0 Å². The van der Waals surface area contributed by atoms with E-state index in [1.165, 1.54) is 6.26 Å². The summed E-state index contributed by atoms with van der Waals surface area (Å²) in [5.41, 5.74) is 3.90. The lowest BCUT2D eigenvalue weighted by atomic mass is 9.91. The van der Waals surface area contributed by atoms with E-state index in [0.29, 0.717) is 16.6 Å². The predicted molar refractivity (Wildman–Crippen MR) is 93.9 cm³/mol. The second-order valence-electron chi connectivity index (χ2n) is 5.93. The molecule has 0 N–H and O–H groups in total. The van der Waals surface area contributed by atoms with Gasteiger partial charge in [-0.3, -0.25) is 0 Å². The van der Waals surface area contributed by atoms with Crippen molar-refractivity contribution in [2.45, 2.75) is 26.4 Å². The van der Waals surface area contributed by atoms with Crippen molar-refractivity contribution in [3.63, 3.8) is 0 Å². The normalized spacial score (nSPS) is 18.3. The van der Waals surface area contributed by atoms with E-state index in [2.05, 4.69) is 0 Å². The van der Waals surface area contributed by atoms with E-state index in [9.17, 15) is 0 Å². The number of hydrogen-bond donors (Lipinski definition) is 0. The minimum Gasteiger partial charge on any atom is -0.491 e. The zero-order valence-electron chi connectivity index (χ0n) is 14.9.